The summed E-state index contributed by atoms with van der Waals surface area (Å²) >= 11 is 1.78. The topological polar surface area (TPSA) is 92.4 Å². The molecule has 1 aliphatic rings. The smallest absolute Gasteiger partial charge is 0.374 e. The number of thioether (sulfide) groups is 1. The predicted octanol–water partition coefficient (Wildman–Crippen LogP) is 0.608. The van der Waals surface area contributed by atoms with Crippen molar-refractivity contribution >= 4 is 23.6 Å². The molecule has 2 heterocycles. The minimum absolute atomic E-state index is 0.00861. The maximum atomic E-state index is 11.6. The molecule has 0 bridgehead atoms. The van der Waals surface area contributed by atoms with Gasteiger partial charge < -0.3 is 14.9 Å². The van der Waals surface area contributed by atoms with Gasteiger partial charge >= 0.3 is 5.97 Å². The van der Waals surface area contributed by atoms with Crippen molar-refractivity contribution in [1.29, 1.82) is 0 Å². The molecule has 1 saturated heterocycles. The third-order valence-corrected chi connectivity index (χ3v) is 3.38. The fraction of sp³-hybridized carbons (Fsp3) is 0.444. The maximum Gasteiger partial charge on any atom is 0.374 e. The van der Waals surface area contributed by atoms with Crippen molar-refractivity contribution in [2.45, 2.75) is 12.5 Å². The lowest BCUT2D eigenvalue weighted by Crippen LogP contribution is -2.34. The second-order valence-electron chi connectivity index (χ2n) is 3.42. The van der Waals surface area contributed by atoms with Crippen LogP contribution in [0.4, 0.5) is 0 Å². The molecule has 0 aliphatic carbocycles. The Bertz CT molecular complexity index is 411. The van der Waals surface area contributed by atoms with Gasteiger partial charge in [0.2, 0.25) is 5.76 Å². The molecule has 1 aromatic heterocycles. The van der Waals surface area contributed by atoms with Gasteiger partial charge in [0.15, 0.2) is 5.69 Å². The normalized spacial score (nSPS) is 19.6. The lowest BCUT2D eigenvalue weighted by molar-refractivity contribution is 0.0651. The van der Waals surface area contributed by atoms with Gasteiger partial charge in [-0.25, -0.2) is 4.79 Å². The van der Waals surface area contributed by atoms with E-state index in [2.05, 4.69) is 15.0 Å². The van der Waals surface area contributed by atoms with E-state index in [4.69, 9.17) is 5.11 Å². The number of carboxylic acids is 1. The van der Waals surface area contributed by atoms with Crippen LogP contribution in [0.3, 0.4) is 0 Å². The Morgan fingerprint density at radius 2 is 2.44 bits per heavy atom. The van der Waals surface area contributed by atoms with E-state index in [1.165, 1.54) is 0 Å². The summed E-state index contributed by atoms with van der Waals surface area (Å²) in [6.45, 7) is 0. The number of aromatic nitrogens is 1. The number of hydrogen-bond acceptors (Lipinski definition) is 5. The number of carbonyl (C=O) groups excluding carboxylic acids is 1. The van der Waals surface area contributed by atoms with E-state index < -0.39 is 5.97 Å². The van der Waals surface area contributed by atoms with Crippen LogP contribution in [0.1, 0.15) is 27.5 Å². The highest BCUT2D eigenvalue weighted by atomic mass is 32.2. The fourth-order valence-corrected chi connectivity index (χ4v) is 2.54. The summed E-state index contributed by atoms with van der Waals surface area (Å²) < 4.78 is 4.50. The Labute approximate surface area is 95.4 Å². The average molecular weight is 242 g/mol. The molecule has 1 amide bonds. The van der Waals surface area contributed by atoms with E-state index in [1.807, 2.05) is 0 Å². The van der Waals surface area contributed by atoms with Crippen LogP contribution in [-0.2, 0) is 0 Å². The number of hydrogen-bond donors (Lipinski definition) is 2. The quantitative estimate of drug-likeness (QED) is 0.806. The first-order valence-electron chi connectivity index (χ1n) is 4.75. The Morgan fingerprint density at radius 1 is 1.62 bits per heavy atom. The van der Waals surface area contributed by atoms with Crippen molar-refractivity contribution in [3.05, 3.63) is 17.5 Å². The monoisotopic (exact) mass is 242 g/mol. The summed E-state index contributed by atoms with van der Waals surface area (Å²) in [6, 6.07) is 1.27. The molecule has 1 aliphatic heterocycles. The van der Waals surface area contributed by atoms with E-state index in [0.29, 0.717) is 0 Å². The van der Waals surface area contributed by atoms with Gasteiger partial charge in [-0.1, -0.05) is 5.16 Å². The number of amides is 1. The van der Waals surface area contributed by atoms with Crippen LogP contribution in [0.2, 0.25) is 0 Å². The van der Waals surface area contributed by atoms with Gasteiger partial charge in [0.05, 0.1) is 0 Å². The van der Waals surface area contributed by atoms with Crippen LogP contribution >= 0.6 is 11.8 Å². The van der Waals surface area contributed by atoms with Gasteiger partial charge in [-0.3, -0.25) is 4.79 Å². The van der Waals surface area contributed by atoms with Gasteiger partial charge in [0.25, 0.3) is 5.91 Å². The number of carbonyl (C=O) groups is 2. The largest absolute Gasteiger partial charge is 0.475 e. The van der Waals surface area contributed by atoms with Gasteiger partial charge in [-0.05, 0) is 12.2 Å². The van der Waals surface area contributed by atoms with Crippen molar-refractivity contribution in [2.75, 3.05) is 11.5 Å². The van der Waals surface area contributed by atoms with Crippen molar-refractivity contribution in [3.63, 3.8) is 0 Å². The molecule has 1 fully saturated rings. The first-order valence-corrected chi connectivity index (χ1v) is 5.91. The second kappa shape index (κ2) is 4.56. The van der Waals surface area contributed by atoms with Gasteiger partial charge in [0.1, 0.15) is 0 Å². The second-order valence-corrected chi connectivity index (χ2v) is 4.57. The highest BCUT2D eigenvalue weighted by molar-refractivity contribution is 7.99. The Kier molecular flexibility index (Phi) is 3.14. The third-order valence-electron chi connectivity index (χ3n) is 2.22. The predicted molar refractivity (Wildman–Crippen MR) is 56.7 cm³/mol. The minimum Gasteiger partial charge on any atom is -0.475 e. The van der Waals surface area contributed by atoms with Crippen LogP contribution in [0.15, 0.2) is 10.6 Å². The molecular weight excluding hydrogens is 232 g/mol. The number of nitrogens with zero attached hydrogens (tertiary/aromatic N) is 1. The first kappa shape index (κ1) is 11.0. The molecule has 0 saturated carbocycles. The summed E-state index contributed by atoms with van der Waals surface area (Å²) in [7, 11) is 0. The Balaban J connectivity index is 1.99. The number of carboxylic acid groups (broad SMARTS) is 1. The molecule has 1 unspecified atom stereocenters. The molecule has 1 atom stereocenters. The molecule has 86 valence electrons. The summed E-state index contributed by atoms with van der Waals surface area (Å²) in [4.78, 5) is 22.1. The van der Waals surface area contributed by atoms with E-state index in [-0.39, 0.29) is 23.4 Å². The number of aromatic carboxylic acids is 1. The van der Waals surface area contributed by atoms with Gasteiger partial charge in [-0.2, -0.15) is 11.8 Å². The van der Waals surface area contributed by atoms with E-state index >= 15 is 0 Å². The third kappa shape index (κ3) is 2.35. The van der Waals surface area contributed by atoms with Crippen LogP contribution in [0.5, 0.6) is 0 Å². The van der Waals surface area contributed by atoms with Crippen LogP contribution in [0, 0.1) is 0 Å². The first-order chi connectivity index (χ1) is 7.66. The zero-order chi connectivity index (χ0) is 11.5. The Morgan fingerprint density at radius 3 is 3.00 bits per heavy atom. The summed E-state index contributed by atoms with van der Waals surface area (Å²) in [5.74, 6) is -0.0304. The number of rotatable bonds is 3. The molecule has 0 aromatic carbocycles. The molecule has 2 rings (SSSR count). The zero-order valence-corrected chi connectivity index (χ0v) is 9.12. The van der Waals surface area contributed by atoms with Gasteiger partial charge in [0, 0.05) is 17.9 Å². The van der Waals surface area contributed by atoms with E-state index in [0.717, 1.165) is 24.0 Å². The van der Waals surface area contributed by atoms with E-state index in [9.17, 15) is 9.59 Å². The molecular formula is C9H10N2O4S. The molecule has 1 aromatic rings. The number of nitrogens with one attached hydrogen (secondary N) is 1. The zero-order valence-electron chi connectivity index (χ0n) is 8.30. The lowest BCUT2D eigenvalue weighted by Gasteiger charge is -2.08. The lowest BCUT2D eigenvalue weighted by atomic mass is 10.2. The standard InChI is InChI=1S/C9H10N2O4S/c12-8(10-5-1-2-16-4-5)6-3-7(9(13)14)15-11-6/h3,5H,1-2,4H2,(H,10,12)(H,13,14). The highest BCUT2D eigenvalue weighted by Gasteiger charge is 2.21. The molecule has 2 N–H and O–H groups in total. The van der Waals surface area contributed by atoms with Crippen LogP contribution in [-0.4, -0.2) is 39.7 Å². The molecule has 0 spiro atoms. The molecule has 0 radical (unpaired) electrons. The Hall–Kier alpha value is -1.50. The van der Waals surface area contributed by atoms with Gasteiger partial charge in [-0.15, -0.1) is 0 Å². The van der Waals surface area contributed by atoms with Crippen LogP contribution < -0.4 is 5.32 Å². The average Bonchev–Trinajstić information content (AvgIpc) is 2.86. The molecule has 6 nitrogen and oxygen atoms in total. The highest BCUT2D eigenvalue weighted by Crippen LogP contribution is 2.17. The maximum absolute atomic E-state index is 11.6. The molecule has 7 heteroatoms. The van der Waals surface area contributed by atoms with Crippen LogP contribution in [0.25, 0.3) is 0 Å². The summed E-state index contributed by atoms with van der Waals surface area (Å²) in [5.41, 5.74) is 0.00861. The fourth-order valence-electron chi connectivity index (χ4n) is 1.39. The summed E-state index contributed by atoms with van der Waals surface area (Å²) in [6.07, 6.45) is 0.931. The SMILES string of the molecule is O=C(NC1CCSC1)c1cc(C(=O)O)on1. The molecule has 16 heavy (non-hydrogen) atoms. The minimum atomic E-state index is -1.23. The van der Waals surface area contributed by atoms with Crippen molar-refractivity contribution in [2.24, 2.45) is 0 Å². The van der Waals surface area contributed by atoms with Crippen molar-refractivity contribution in [1.82, 2.24) is 10.5 Å². The summed E-state index contributed by atoms with van der Waals surface area (Å²) in [5, 5.41) is 14.8. The van der Waals surface area contributed by atoms with Crippen molar-refractivity contribution in [3.8, 4) is 0 Å². The van der Waals surface area contributed by atoms with E-state index in [1.54, 1.807) is 11.8 Å². The van der Waals surface area contributed by atoms with Crippen molar-refractivity contribution < 1.29 is 19.2 Å².